The summed E-state index contributed by atoms with van der Waals surface area (Å²) >= 11 is 0. The van der Waals surface area contributed by atoms with Gasteiger partial charge in [0, 0.05) is 25.2 Å². The van der Waals surface area contributed by atoms with Gasteiger partial charge in [0.25, 0.3) is 0 Å². The standard InChI is InChI=1S/C24H36N2O8/c27-17(15-33-19-5-7-21(29)23(31)11-19)13-25-9-3-1-2-4-10-26-14-18(28)16-34-20-6-8-22(30)24(32)12-20/h5-8,11-12,17-18,25-32H,1-4,9-10,13-16H2. The molecule has 0 fully saturated rings. The predicted molar refractivity (Wildman–Crippen MR) is 127 cm³/mol. The number of aliphatic hydroxyl groups is 2. The summed E-state index contributed by atoms with van der Waals surface area (Å²) in [4.78, 5) is 0. The minimum atomic E-state index is -0.685. The number of aromatic hydroxyl groups is 4. The number of benzene rings is 2. The van der Waals surface area contributed by atoms with E-state index in [1.807, 2.05) is 0 Å². The number of phenolic OH excluding ortho intramolecular Hbond substituents is 4. The van der Waals surface area contributed by atoms with Crippen molar-refractivity contribution in [1.82, 2.24) is 10.6 Å². The largest absolute Gasteiger partial charge is 0.504 e. The zero-order valence-electron chi connectivity index (χ0n) is 19.2. The summed E-state index contributed by atoms with van der Waals surface area (Å²) in [6.45, 7) is 2.53. The number of hydrogen-bond acceptors (Lipinski definition) is 10. The maximum Gasteiger partial charge on any atom is 0.161 e. The van der Waals surface area contributed by atoms with Crippen molar-refractivity contribution in [3.63, 3.8) is 0 Å². The third kappa shape index (κ3) is 10.8. The highest BCUT2D eigenvalue weighted by atomic mass is 16.5. The van der Waals surface area contributed by atoms with Gasteiger partial charge in [-0.1, -0.05) is 12.8 Å². The van der Waals surface area contributed by atoms with Crippen LogP contribution >= 0.6 is 0 Å². The molecule has 0 saturated heterocycles. The second kappa shape index (κ2) is 15.1. The smallest absolute Gasteiger partial charge is 0.161 e. The molecule has 0 aliphatic heterocycles. The zero-order chi connectivity index (χ0) is 24.8. The van der Waals surface area contributed by atoms with Gasteiger partial charge in [-0.2, -0.15) is 0 Å². The third-order valence-corrected chi connectivity index (χ3v) is 5.00. The highest BCUT2D eigenvalue weighted by molar-refractivity contribution is 5.44. The molecule has 8 N–H and O–H groups in total. The van der Waals surface area contributed by atoms with Crippen molar-refractivity contribution in [2.24, 2.45) is 0 Å². The predicted octanol–water partition coefficient (Wildman–Crippen LogP) is 1.43. The fraction of sp³-hybridized carbons (Fsp3) is 0.500. The van der Waals surface area contributed by atoms with E-state index in [1.54, 1.807) is 0 Å². The fourth-order valence-corrected chi connectivity index (χ4v) is 3.08. The molecule has 0 aliphatic carbocycles. The maximum atomic E-state index is 9.95. The lowest BCUT2D eigenvalue weighted by Crippen LogP contribution is -2.32. The summed E-state index contributed by atoms with van der Waals surface area (Å²) in [5, 5.41) is 63.6. The van der Waals surface area contributed by atoms with Gasteiger partial charge >= 0.3 is 0 Å². The molecule has 0 aliphatic rings. The Balaban J connectivity index is 1.39. The molecule has 0 heterocycles. The van der Waals surface area contributed by atoms with E-state index in [2.05, 4.69) is 10.6 Å². The van der Waals surface area contributed by atoms with Gasteiger partial charge in [-0.15, -0.1) is 0 Å². The first-order valence-electron chi connectivity index (χ1n) is 11.4. The lowest BCUT2D eigenvalue weighted by atomic mass is 10.2. The molecule has 190 valence electrons. The van der Waals surface area contributed by atoms with E-state index in [0.29, 0.717) is 24.6 Å². The second-order valence-electron chi connectivity index (χ2n) is 8.05. The van der Waals surface area contributed by atoms with Crippen LogP contribution in [0.1, 0.15) is 25.7 Å². The van der Waals surface area contributed by atoms with Gasteiger partial charge in [0.1, 0.15) is 36.9 Å². The van der Waals surface area contributed by atoms with Gasteiger partial charge in [0.2, 0.25) is 0 Å². The van der Waals surface area contributed by atoms with Crippen LogP contribution < -0.4 is 20.1 Å². The average molecular weight is 481 g/mol. The minimum absolute atomic E-state index is 0.0805. The van der Waals surface area contributed by atoms with Crippen LogP contribution in [0.4, 0.5) is 0 Å². The SMILES string of the molecule is Oc1ccc(OCC(O)CNCCCCCCNCC(O)COc2ccc(O)c(O)c2)cc1O. The first kappa shape index (κ1) is 27.3. The van der Waals surface area contributed by atoms with Gasteiger partial charge in [0.15, 0.2) is 23.0 Å². The molecular weight excluding hydrogens is 444 g/mol. The molecule has 2 aromatic rings. The molecule has 2 aromatic carbocycles. The van der Waals surface area contributed by atoms with Crippen molar-refractivity contribution in [3.05, 3.63) is 36.4 Å². The monoisotopic (exact) mass is 480 g/mol. The zero-order valence-corrected chi connectivity index (χ0v) is 19.2. The summed E-state index contributed by atoms with van der Waals surface area (Å²) in [5.41, 5.74) is 0. The Morgan fingerprint density at radius 3 is 1.38 bits per heavy atom. The average Bonchev–Trinajstić information content (AvgIpc) is 2.81. The van der Waals surface area contributed by atoms with Crippen LogP contribution in [0.3, 0.4) is 0 Å². The molecule has 0 saturated carbocycles. The highest BCUT2D eigenvalue weighted by Crippen LogP contribution is 2.29. The highest BCUT2D eigenvalue weighted by Gasteiger charge is 2.08. The Labute approximate surface area is 199 Å². The van der Waals surface area contributed by atoms with Gasteiger partial charge in [-0.25, -0.2) is 0 Å². The Bertz CT molecular complexity index is 782. The quantitative estimate of drug-likeness (QED) is 0.123. The van der Waals surface area contributed by atoms with Crippen molar-refractivity contribution in [2.45, 2.75) is 37.9 Å². The van der Waals surface area contributed by atoms with Gasteiger partial charge in [-0.05, 0) is 50.2 Å². The van der Waals surface area contributed by atoms with Crippen molar-refractivity contribution in [2.75, 3.05) is 39.4 Å². The van der Waals surface area contributed by atoms with E-state index >= 15 is 0 Å². The molecule has 0 spiro atoms. The maximum absolute atomic E-state index is 9.95. The molecular formula is C24H36N2O8. The van der Waals surface area contributed by atoms with Crippen LogP contribution in [-0.4, -0.2) is 82.2 Å². The van der Waals surface area contributed by atoms with E-state index in [4.69, 9.17) is 9.47 Å². The van der Waals surface area contributed by atoms with Crippen LogP contribution in [0, 0.1) is 0 Å². The van der Waals surface area contributed by atoms with E-state index in [0.717, 1.165) is 38.8 Å². The summed E-state index contributed by atoms with van der Waals surface area (Å²) in [5.74, 6) is -0.221. The van der Waals surface area contributed by atoms with Crippen LogP contribution in [0.15, 0.2) is 36.4 Å². The summed E-state index contributed by atoms with van der Waals surface area (Å²) in [6, 6.07) is 8.28. The van der Waals surface area contributed by atoms with Crippen molar-refractivity contribution in [1.29, 1.82) is 0 Å². The molecule has 0 aromatic heterocycles. The van der Waals surface area contributed by atoms with Crippen molar-refractivity contribution < 1.29 is 40.1 Å². The molecule has 2 unspecified atom stereocenters. The molecule has 0 radical (unpaired) electrons. The number of ether oxygens (including phenoxy) is 2. The van der Waals surface area contributed by atoms with Gasteiger partial charge in [0.05, 0.1) is 0 Å². The van der Waals surface area contributed by atoms with E-state index in [9.17, 15) is 30.6 Å². The molecule has 2 rings (SSSR count). The number of nitrogens with one attached hydrogen (secondary N) is 2. The Morgan fingerprint density at radius 2 is 1.00 bits per heavy atom. The number of phenols is 4. The van der Waals surface area contributed by atoms with Crippen LogP contribution in [0.5, 0.6) is 34.5 Å². The molecule has 10 heteroatoms. The van der Waals surface area contributed by atoms with Crippen LogP contribution in [-0.2, 0) is 0 Å². The van der Waals surface area contributed by atoms with Crippen molar-refractivity contribution >= 4 is 0 Å². The first-order valence-corrected chi connectivity index (χ1v) is 11.4. The Morgan fingerprint density at radius 1 is 0.588 bits per heavy atom. The second-order valence-corrected chi connectivity index (χ2v) is 8.05. The lowest BCUT2D eigenvalue weighted by Gasteiger charge is -2.14. The lowest BCUT2D eigenvalue weighted by molar-refractivity contribution is 0.106. The Hall–Kier alpha value is -2.92. The van der Waals surface area contributed by atoms with Gasteiger partial charge < -0.3 is 50.7 Å². The number of aliphatic hydroxyl groups excluding tert-OH is 2. The topological polar surface area (TPSA) is 164 Å². The van der Waals surface area contributed by atoms with Gasteiger partial charge in [-0.3, -0.25) is 0 Å². The van der Waals surface area contributed by atoms with E-state index < -0.39 is 12.2 Å². The third-order valence-electron chi connectivity index (χ3n) is 5.00. The van der Waals surface area contributed by atoms with E-state index in [-0.39, 0.29) is 36.2 Å². The molecule has 2 atom stereocenters. The molecule has 10 nitrogen and oxygen atoms in total. The molecule has 34 heavy (non-hydrogen) atoms. The summed E-state index contributed by atoms with van der Waals surface area (Å²) in [6.07, 6.45) is 2.68. The molecule has 0 bridgehead atoms. The number of hydrogen-bond donors (Lipinski definition) is 8. The normalized spacial score (nSPS) is 12.9. The summed E-state index contributed by atoms with van der Waals surface area (Å²) in [7, 11) is 0. The Kier molecular flexibility index (Phi) is 12.1. The van der Waals surface area contributed by atoms with E-state index in [1.165, 1.54) is 36.4 Å². The van der Waals surface area contributed by atoms with Crippen molar-refractivity contribution in [3.8, 4) is 34.5 Å². The fourth-order valence-electron chi connectivity index (χ4n) is 3.08. The number of rotatable bonds is 17. The number of unbranched alkanes of at least 4 members (excludes halogenated alkanes) is 3. The summed E-state index contributed by atoms with van der Waals surface area (Å²) < 4.78 is 10.8. The molecule has 0 amide bonds. The first-order chi connectivity index (χ1) is 16.3. The minimum Gasteiger partial charge on any atom is -0.504 e. The van der Waals surface area contributed by atoms with Crippen LogP contribution in [0.2, 0.25) is 0 Å². The van der Waals surface area contributed by atoms with Crippen LogP contribution in [0.25, 0.3) is 0 Å².